The van der Waals surface area contributed by atoms with Crippen LogP contribution in [0.15, 0.2) is 66.2 Å². The van der Waals surface area contributed by atoms with Crippen LogP contribution in [0.5, 0.6) is 5.75 Å². The maximum atomic E-state index is 9.41. The summed E-state index contributed by atoms with van der Waals surface area (Å²) in [7, 11) is 1.63. The number of rotatable bonds is 5. The van der Waals surface area contributed by atoms with E-state index in [2.05, 4.69) is 16.4 Å². The van der Waals surface area contributed by atoms with Crippen LogP contribution in [0.4, 0.5) is 5.69 Å². The molecule has 0 aliphatic rings. The van der Waals surface area contributed by atoms with Gasteiger partial charge in [-0.1, -0.05) is 30.3 Å². The molecule has 3 rings (SSSR count). The van der Waals surface area contributed by atoms with Crippen LogP contribution in [0, 0.1) is 11.3 Å². The van der Waals surface area contributed by atoms with Gasteiger partial charge in [-0.2, -0.15) is 5.26 Å². The topological polar surface area (TPSA) is 57.9 Å². The van der Waals surface area contributed by atoms with E-state index in [1.54, 1.807) is 13.3 Å². The first kappa shape index (κ1) is 15.8. The molecule has 0 aliphatic carbocycles. The summed E-state index contributed by atoms with van der Waals surface area (Å²) in [5.74, 6) is 0.789. The highest BCUT2D eigenvalue weighted by Gasteiger charge is 2.08. The number of allylic oxidation sites excluding steroid dienone is 1. The number of ether oxygens (including phenoxy) is 1. The first-order valence-corrected chi connectivity index (χ1v) is 8.20. The summed E-state index contributed by atoms with van der Waals surface area (Å²) in [6.45, 7) is 0. The van der Waals surface area contributed by atoms with E-state index in [1.807, 2.05) is 60.0 Å². The molecule has 0 fully saturated rings. The van der Waals surface area contributed by atoms with E-state index in [-0.39, 0.29) is 0 Å². The Morgan fingerprint density at radius 1 is 1.17 bits per heavy atom. The molecule has 2 aromatic carbocycles. The van der Waals surface area contributed by atoms with E-state index < -0.39 is 0 Å². The van der Waals surface area contributed by atoms with Gasteiger partial charge < -0.3 is 10.1 Å². The number of nitrogens with zero attached hydrogens (tertiary/aromatic N) is 2. The monoisotopic (exact) mass is 333 g/mol. The number of anilines is 1. The quantitative estimate of drug-likeness (QED) is 0.682. The van der Waals surface area contributed by atoms with Gasteiger partial charge in [0.25, 0.3) is 0 Å². The molecule has 1 aromatic heterocycles. The van der Waals surface area contributed by atoms with Crippen molar-refractivity contribution >= 4 is 22.6 Å². The molecule has 118 valence electrons. The van der Waals surface area contributed by atoms with Crippen LogP contribution in [-0.4, -0.2) is 12.1 Å². The second-order valence-electron chi connectivity index (χ2n) is 4.95. The number of hydrogen-bond acceptors (Lipinski definition) is 5. The van der Waals surface area contributed by atoms with Gasteiger partial charge in [0.2, 0.25) is 0 Å². The lowest BCUT2D eigenvalue weighted by molar-refractivity contribution is 0.415. The van der Waals surface area contributed by atoms with E-state index in [0.29, 0.717) is 10.6 Å². The number of methoxy groups -OCH3 is 1. The molecule has 0 aliphatic heterocycles. The fourth-order valence-corrected chi connectivity index (χ4v) is 2.92. The molecule has 0 amide bonds. The molecule has 0 saturated carbocycles. The molecule has 0 atom stereocenters. The molecule has 0 bridgehead atoms. The number of aromatic nitrogens is 1. The van der Waals surface area contributed by atoms with Crippen molar-refractivity contribution in [3.63, 3.8) is 0 Å². The number of thiazole rings is 1. The number of hydrogen-bond donors (Lipinski definition) is 1. The third kappa shape index (κ3) is 3.62. The van der Waals surface area contributed by atoms with Gasteiger partial charge in [-0.3, -0.25) is 0 Å². The Hall–Kier alpha value is -3.10. The van der Waals surface area contributed by atoms with Crippen LogP contribution >= 0.6 is 11.3 Å². The standard InChI is InChI=1S/C19H15N3OS/c1-23-17-9-7-16(8-10-17)21-12-15(11-20)19-22-18(13-24-19)14-5-3-2-4-6-14/h2-10,12-13,21H,1H3. The summed E-state index contributed by atoms with van der Waals surface area (Å²) < 4.78 is 5.13. The van der Waals surface area contributed by atoms with Crippen molar-refractivity contribution in [2.45, 2.75) is 0 Å². The maximum absolute atomic E-state index is 9.41. The molecule has 4 nitrogen and oxygen atoms in total. The van der Waals surface area contributed by atoms with Gasteiger partial charge in [-0.15, -0.1) is 11.3 Å². The van der Waals surface area contributed by atoms with E-state index in [9.17, 15) is 5.26 Å². The molecular weight excluding hydrogens is 318 g/mol. The van der Waals surface area contributed by atoms with Gasteiger partial charge in [0.05, 0.1) is 12.8 Å². The maximum Gasteiger partial charge on any atom is 0.136 e. The first-order chi connectivity index (χ1) is 11.8. The highest BCUT2D eigenvalue weighted by Crippen LogP contribution is 2.26. The van der Waals surface area contributed by atoms with E-state index in [1.165, 1.54) is 11.3 Å². The second kappa shape index (κ2) is 7.44. The average molecular weight is 333 g/mol. The third-order valence-corrected chi connectivity index (χ3v) is 4.27. The summed E-state index contributed by atoms with van der Waals surface area (Å²) in [6, 6.07) is 19.6. The van der Waals surface area contributed by atoms with Crippen molar-refractivity contribution in [1.82, 2.24) is 4.98 Å². The minimum Gasteiger partial charge on any atom is -0.497 e. The van der Waals surface area contributed by atoms with Crippen molar-refractivity contribution in [3.8, 4) is 23.1 Å². The average Bonchev–Trinajstić information content (AvgIpc) is 3.13. The van der Waals surface area contributed by atoms with Crippen LogP contribution in [0.3, 0.4) is 0 Å². The van der Waals surface area contributed by atoms with Crippen molar-refractivity contribution < 1.29 is 4.74 Å². The second-order valence-corrected chi connectivity index (χ2v) is 5.80. The Morgan fingerprint density at radius 3 is 2.58 bits per heavy atom. The highest BCUT2D eigenvalue weighted by atomic mass is 32.1. The Labute approximate surface area is 144 Å². The molecule has 3 aromatic rings. The lowest BCUT2D eigenvalue weighted by Gasteiger charge is -2.03. The zero-order chi connectivity index (χ0) is 16.8. The lowest BCUT2D eigenvalue weighted by Crippen LogP contribution is -1.91. The van der Waals surface area contributed by atoms with Crippen molar-refractivity contribution in [3.05, 3.63) is 71.2 Å². The Bertz CT molecular complexity index is 877. The van der Waals surface area contributed by atoms with Gasteiger partial charge >= 0.3 is 0 Å². The third-order valence-electron chi connectivity index (χ3n) is 3.40. The first-order valence-electron chi connectivity index (χ1n) is 7.32. The largest absolute Gasteiger partial charge is 0.497 e. The summed E-state index contributed by atoms with van der Waals surface area (Å²) in [5.41, 5.74) is 3.29. The van der Waals surface area contributed by atoms with Crippen LogP contribution in [-0.2, 0) is 0 Å². The fourth-order valence-electron chi connectivity index (χ4n) is 2.12. The number of nitriles is 1. The van der Waals surface area contributed by atoms with Gasteiger partial charge in [-0.05, 0) is 24.3 Å². The summed E-state index contributed by atoms with van der Waals surface area (Å²) >= 11 is 1.46. The van der Waals surface area contributed by atoms with Crippen LogP contribution in [0.1, 0.15) is 5.01 Å². The fraction of sp³-hybridized carbons (Fsp3) is 0.0526. The number of benzene rings is 2. The summed E-state index contributed by atoms with van der Waals surface area (Å²) in [6.07, 6.45) is 1.68. The Morgan fingerprint density at radius 2 is 1.92 bits per heavy atom. The molecule has 0 saturated heterocycles. The van der Waals surface area contributed by atoms with Crippen molar-refractivity contribution in [1.29, 1.82) is 5.26 Å². The summed E-state index contributed by atoms with van der Waals surface area (Å²) in [4.78, 5) is 4.56. The SMILES string of the molecule is COc1ccc(NC=C(C#N)c2nc(-c3ccccc3)cs2)cc1. The summed E-state index contributed by atoms with van der Waals surface area (Å²) in [5, 5.41) is 15.2. The molecule has 1 N–H and O–H groups in total. The van der Waals surface area contributed by atoms with Crippen LogP contribution in [0.2, 0.25) is 0 Å². The minimum absolute atomic E-state index is 0.498. The zero-order valence-electron chi connectivity index (χ0n) is 13.1. The van der Waals surface area contributed by atoms with Gasteiger partial charge in [0.15, 0.2) is 0 Å². The lowest BCUT2D eigenvalue weighted by atomic mass is 10.2. The Balaban J connectivity index is 1.78. The predicted molar refractivity (Wildman–Crippen MR) is 97.8 cm³/mol. The van der Waals surface area contributed by atoms with E-state index >= 15 is 0 Å². The molecule has 0 unspecified atom stereocenters. The zero-order valence-corrected chi connectivity index (χ0v) is 13.9. The molecule has 0 radical (unpaired) electrons. The van der Waals surface area contributed by atoms with Crippen LogP contribution < -0.4 is 10.1 Å². The van der Waals surface area contributed by atoms with E-state index in [0.717, 1.165) is 22.7 Å². The number of nitrogens with one attached hydrogen (secondary N) is 1. The van der Waals surface area contributed by atoms with Gasteiger partial charge in [-0.25, -0.2) is 4.98 Å². The van der Waals surface area contributed by atoms with Crippen LogP contribution in [0.25, 0.3) is 16.8 Å². The molecule has 0 spiro atoms. The Kier molecular flexibility index (Phi) is 4.90. The normalized spacial score (nSPS) is 10.9. The van der Waals surface area contributed by atoms with E-state index in [4.69, 9.17) is 4.74 Å². The molecule has 24 heavy (non-hydrogen) atoms. The predicted octanol–water partition coefficient (Wildman–Crippen LogP) is 4.80. The van der Waals surface area contributed by atoms with Crippen molar-refractivity contribution in [2.24, 2.45) is 0 Å². The smallest absolute Gasteiger partial charge is 0.136 e. The minimum atomic E-state index is 0.498. The van der Waals surface area contributed by atoms with Crippen molar-refractivity contribution in [2.75, 3.05) is 12.4 Å². The highest BCUT2D eigenvalue weighted by molar-refractivity contribution is 7.11. The molecule has 1 heterocycles. The molecular formula is C19H15N3OS. The molecule has 5 heteroatoms. The van der Waals surface area contributed by atoms with Gasteiger partial charge in [0.1, 0.15) is 22.4 Å². The van der Waals surface area contributed by atoms with Gasteiger partial charge in [0, 0.05) is 22.8 Å².